The third-order valence-electron chi connectivity index (χ3n) is 4.36. The van der Waals surface area contributed by atoms with E-state index >= 15 is 0 Å². The van der Waals surface area contributed by atoms with E-state index in [1.54, 1.807) is 7.11 Å². The van der Waals surface area contributed by atoms with Gasteiger partial charge in [-0.1, -0.05) is 18.6 Å². The summed E-state index contributed by atoms with van der Waals surface area (Å²) in [5.74, 6) is 1.03. The lowest BCUT2D eigenvalue weighted by atomic mass is 10.1. The minimum absolute atomic E-state index is 0.743. The highest BCUT2D eigenvalue weighted by molar-refractivity contribution is 5.37. The van der Waals surface area contributed by atoms with E-state index in [9.17, 15) is 0 Å². The highest BCUT2D eigenvalue weighted by atomic mass is 16.5. The lowest BCUT2D eigenvalue weighted by molar-refractivity contribution is 0.220. The van der Waals surface area contributed by atoms with Gasteiger partial charge < -0.3 is 10.1 Å². The molecule has 2 aliphatic rings. The van der Waals surface area contributed by atoms with Gasteiger partial charge in [-0.25, -0.2) is 0 Å². The van der Waals surface area contributed by atoms with Crippen molar-refractivity contribution < 1.29 is 4.74 Å². The number of nitrogens with zero attached hydrogens (tertiary/aromatic N) is 1. The predicted octanol–water partition coefficient (Wildman–Crippen LogP) is 2.93. The van der Waals surface area contributed by atoms with Crippen molar-refractivity contribution in [3.63, 3.8) is 0 Å². The van der Waals surface area contributed by atoms with E-state index in [-0.39, 0.29) is 0 Å². The highest BCUT2D eigenvalue weighted by Crippen LogP contribution is 2.24. The van der Waals surface area contributed by atoms with Gasteiger partial charge in [0.25, 0.3) is 0 Å². The largest absolute Gasteiger partial charge is 0.496 e. The Morgan fingerprint density at radius 2 is 2.00 bits per heavy atom. The van der Waals surface area contributed by atoms with Crippen molar-refractivity contribution in [2.45, 2.75) is 51.2 Å². The average molecular weight is 274 g/mol. The van der Waals surface area contributed by atoms with Gasteiger partial charge in [0.2, 0.25) is 0 Å². The van der Waals surface area contributed by atoms with Crippen molar-refractivity contribution >= 4 is 0 Å². The molecule has 1 heterocycles. The molecule has 1 saturated carbocycles. The van der Waals surface area contributed by atoms with Crippen LogP contribution in [0.2, 0.25) is 0 Å². The molecule has 0 atom stereocenters. The Bertz CT molecular complexity index is 437. The SMILES string of the molecule is COc1cc(CN2CCCCC2)ccc1CNC1CC1. The van der Waals surface area contributed by atoms with Crippen molar-refractivity contribution in [3.8, 4) is 5.75 Å². The van der Waals surface area contributed by atoms with Gasteiger partial charge in [0.15, 0.2) is 0 Å². The third kappa shape index (κ3) is 3.74. The Labute approximate surface area is 122 Å². The molecule has 3 rings (SSSR count). The molecule has 0 aromatic heterocycles. The van der Waals surface area contributed by atoms with E-state index in [4.69, 9.17) is 4.74 Å². The van der Waals surface area contributed by atoms with E-state index in [0.717, 1.165) is 24.9 Å². The first-order valence-corrected chi connectivity index (χ1v) is 7.96. The maximum atomic E-state index is 5.57. The lowest BCUT2D eigenvalue weighted by Crippen LogP contribution is -2.29. The summed E-state index contributed by atoms with van der Waals surface area (Å²) in [4.78, 5) is 2.56. The Morgan fingerprint density at radius 1 is 1.20 bits per heavy atom. The summed E-state index contributed by atoms with van der Waals surface area (Å²) in [5, 5.41) is 3.56. The summed E-state index contributed by atoms with van der Waals surface area (Å²) in [7, 11) is 1.78. The van der Waals surface area contributed by atoms with Crippen molar-refractivity contribution in [2.75, 3.05) is 20.2 Å². The van der Waals surface area contributed by atoms with Crippen molar-refractivity contribution in [1.82, 2.24) is 10.2 Å². The maximum absolute atomic E-state index is 5.57. The summed E-state index contributed by atoms with van der Waals surface area (Å²) >= 11 is 0. The molecular weight excluding hydrogens is 248 g/mol. The maximum Gasteiger partial charge on any atom is 0.123 e. The number of piperidine rings is 1. The van der Waals surface area contributed by atoms with Gasteiger partial charge in [-0.2, -0.15) is 0 Å². The fraction of sp³-hybridized carbons (Fsp3) is 0.647. The smallest absolute Gasteiger partial charge is 0.123 e. The summed E-state index contributed by atoms with van der Waals surface area (Å²) in [5.41, 5.74) is 2.65. The fourth-order valence-electron chi connectivity index (χ4n) is 2.95. The van der Waals surface area contributed by atoms with Crippen LogP contribution in [-0.4, -0.2) is 31.1 Å². The lowest BCUT2D eigenvalue weighted by Gasteiger charge is -2.26. The van der Waals surface area contributed by atoms with E-state index in [0.29, 0.717) is 0 Å². The molecule has 3 nitrogen and oxygen atoms in total. The first-order chi connectivity index (χ1) is 9.85. The number of benzene rings is 1. The normalized spacial score (nSPS) is 20.1. The molecule has 0 unspecified atom stereocenters. The predicted molar refractivity (Wildman–Crippen MR) is 82.0 cm³/mol. The Balaban J connectivity index is 1.62. The van der Waals surface area contributed by atoms with Crippen LogP contribution in [-0.2, 0) is 13.1 Å². The minimum atomic E-state index is 0.743. The zero-order valence-electron chi connectivity index (χ0n) is 12.5. The Kier molecular flexibility index (Phi) is 4.58. The van der Waals surface area contributed by atoms with Gasteiger partial charge in [-0.15, -0.1) is 0 Å². The number of likely N-dealkylation sites (tertiary alicyclic amines) is 1. The van der Waals surface area contributed by atoms with Gasteiger partial charge in [-0.3, -0.25) is 4.90 Å². The number of ether oxygens (including phenoxy) is 1. The molecule has 1 aliphatic heterocycles. The van der Waals surface area contributed by atoms with E-state index in [1.165, 1.54) is 56.3 Å². The molecule has 0 bridgehead atoms. The zero-order chi connectivity index (χ0) is 13.8. The van der Waals surface area contributed by atoms with Gasteiger partial charge in [0.1, 0.15) is 5.75 Å². The summed E-state index contributed by atoms with van der Waals surface area (Å²) in [6.45, 7) is 4.48. The molecular formula is C17H26N2O. The van der Waals surface area contributed by atoms with E-state index in [2.05, 4.69) is 28.4 Å². The summed E-state index contributed by atoms with van der Waals surface area (Å²) < 4.78 is 5.57. The monoisotopic (exact) mass is 274 g/mol. The molecule has 1 saturated heterocycles. The quantitative estimate of drug-likeness (QED) is 0.863. The first-order valence-electron chi connectivity index (χ1n) is 7.96. The molecule has 0 amide bonds. The van der Waals surface area contributed by atoms with Crippen LogP contribution < -0.4 is 10.1 Å². The highest BCUT2D eigenvalue weighted by Gasteiger charge is 2.20. The van der Waals surface area contributed by atoms with Crippen LogP contribution in [0.3, 0.4) is 0 Å². The fourth-order valence-corrected chi connectivity index (χ4v) is 2.95. The van der Waals surface area contributed by atoms with Gasteiger partial charge in [0.05, 0.1) is 7.11 Å². The zero-order valence-corrected chi connectivity index (χ0v) is 12.5. The van der Waals surface area contributed by atoms with Crippen LogP contribution in [0, 0.1) is 0 Å². The van der Waals surface area contributed by atoms with Gasteiger partial charge >= 0.3 is 0 Å². The molecule has 2 fully saturated rings. The molecule has 1 aliphatic carbocycles. The molecule has 0 radical (unpaired) electrons. The topological polar surface area (TPSA) is 24.5 Å². The average Bonchev–Trinajstić information content (AvgIpc) is 3.31. The second-order valence-corrected chi connectivity index (χ2v) is 6.14. The van der Waals surface area contributed by atoms with Crippen molar-refractivity contribution in [1.29, 1.82) is 0 Å². The number of hydrogen-bond acceptors (Lipinski definition) is 3. The van der Waals surface area contributed by atoms with E-state index < -0.39 is 0 Å². The Hall–Kier alpha value is -1.06. The van der Waals surface area contributed by atoms with Gasteiger partial charge in [0, 0.05) is 24.7 Å². The standard InChI is InChI=1S/C17H26N2O/c1-20-17-11-14(13-19-9-3-2-4-10-19)5-6-15(17)12-18-16-7-8-16/h5-6,11,16,18H,2-4,7-10,12-13H2,1H3. The van der Waals surface area contributed by atoms with Crippen LogP contribution in [0.4, 0.5) is 0 Å². The molecule has 3 heteroatoms. The van der Waals surface area contributed by atoms with Crippen LogP contribution in [0.5, 0.6) is 5.75 Å². The second-order valence-electron chi connectivity index (χ2n) is 6.14. The van der Waals surface area contributed by atoms with Crippen LogP contribution in [0.15, 0.2) is 18.2 Å². The minimum Gasteiger partial charge on any atom is -0.496 e. The Morgan fingerprint density at radius 3 is 2.70 bits per heavy atom. The number of rotatable bonds is 6. The van der Waals surface area contributed by atoms with Crippen LogP contribution in [0.1, 0.15) is 43.2 Å². The van der Waals surface area contributed by atoms with Crippen LogP contribution in [0.25, 0.3) is 0 Å². The molecule has 0 spiro atoms. The van der Waals surface area contributed by atoms with Crippen molar-refractivity contribution in [3.05, 3.63) is 29.3 Å². The number of nitrogens with one attached hydrogen (secondary N) is 1. The van der Waals surface area contributed by atoms with Crippen LogP contribution >= 0.6 is 0 Å². The number of methoxy groups -OCH3 is 1. The molecule has 1 aromatic rings. The molecule has 20 heavy (non-hydrogen) atoms. The molecule has 110 valence electrons. The van der Waals surface area contributed by atoms with Crippen molar-refractivity contribution in [2.24, 2.45) is 0 Å². The molecule has 1 N–H and O–H groups in total. The first kappa shape index (κ1) is 13.9. The summed E-state index contributed by atoms with van der Waals surface area (Å²) in [6.07, 6.45) is 6.75. The third-order valence-corrected chi connectivity index (χ3v) is 4.36. The van der Waals surface area contributed by atoms with E-state index in [1.807, 2.05) is 0 Å². The second kappa shape index (κ2) is 6.59. The summed E-state index contributed by atoms with van der Waals surface area (Å²) in [6, 6.07) is 7.46. The molecule has 1 aromatic carbocycles. The number of hydrogen-bond donors (Lipinski definition) is 1. The van der Waals surface area contributed by atoms with Gasteiger partial charge in [-0.05, 0) is 50.4 Å².